The zero-order chi connectivity index (χ0) is 15.9. The molecule has 0 spiro atoms. The molecule has 2 fully saturated rings. The second-order valence-corrected chi connectivity index (χ2v) is 6.51. The van der Waals surface area contributed by atoms with Crippen LogP contribution in [0, 0.1) is 5.92 Å². The second kappa shape index (κ2) is 8.45. The first kappa shape index (κ1) is 17.2. The van der Waals surface area contributed by atoms with Gasteiger partial charge in [0.2, 0.25) is 11.8 Å². The molecule has 0 aromatic carbocycles. The summed E-state index contributed by atoms with van der Waals surface area (Å²) in [5, 5.41) is 5.68. The SMILES string of the molecule is CC(C)CN1CCOC(CNC(=O)CN2CCNC(=O)C2)C1. The van der Waals surface area contributed by atoms with E-state index in [9.17, 15) is 9.59 Å². The number of amides is 2. The molecule has 2 aliphatic rings. The maximum absolute atomic E-state index is 12.0. The van der Waals surface area contributed by atoms with Crippen molar-refractivity contribution in [2.45, 2.75) is 20.0 Å². The molecule has 2 aliphatic heterocycles. The molecule has 22 heavy (non-hydrogen) atoms. The summed E-state index contributed by atoms with van der Waals surface area (Å²) in [6.07, 6.45) is 0.0566. The van der Waals surface area contributed by atoms with Gasteiger partial charge in [-0.15, -0.1) is 0 Å². The van der Waals surface area contributed by atoms with Crippen LogP contribution in [-0.4, -0.2) is 86.7 Å². The van der Waals surface area contributed by atoms with Crippen molar-refractivity contribution in [2.75, 3.05) is 59.0 Å². The molecule has 1 unspecified atom stereocenters. The quantitative estimate of drug-likeness (QED) is 0.651. The molecule has 2 amide bonds. The zero-order valence-electron chi connectivity index (χ0n) is 13.6. The second-order valence-electron chi connectivity index (χ2n) is 6.51. The fourth-order valence-electron chi connectivity index (χ4n) is 2.90. The van der Waals surface area contributed by atoms with Crippen LogP contribution in [0.2, 0.25) is 0 Å². The molecule has 126 valence electrons. The Balaban J connectivity index is 1.66. The van der Waals surface area contributed by atoms with Gasteiger partial charge < -0.3 is 15.4 Å². The maximum atomic E-state index is 12.0. The number of ether oxygens (including phenoxy) is 1. The van der Waals surface area contributed by atoms with Gasteiger partial charge in [0.1, 0.15) is 0 Å². The largest absolute Gasteiger partial charge is 0.374 e. The van der Waals surface area contributed by atoms with Crippen LogP contribution in [0.25, 0.3) is 0 Å². The molecule has 0 aromatic heterocycles. The van der Waals surface area contributed by atoms with Gasteiger partial charge in [-0.3, -0.25) is 19.4 Å². The number of carbonyl (C=O) groups excluding carboxylic acids is 2. The zero-order valence-corrected chi connectivity index (χ0v) is 13.6. The van der Waals surface area contributed by atoms with Crippen LogP contribution < -0.4 is 10.6 Å². The van der Waals surface area contributed by atoms with Crippen molar-refractivity contribution < 1.29 is 14.3 Å². The molecule has 0 aliphatic carbocycles. The van der Waals surface area contributed by atoms with Gasteiger partial charge in [-0.2, -0.15) is 0 Å². The van der Waals surface area contributed by atoms with E-state index in [1.807, 2.05) is 4.90 Å². The highest BCUT2D eigenvalue weighted by Crippen LogP contribution is 2.07. The van der Waals surface area contributed by atoms with Crippen LogP contribution in [0.3, 0.4) is 0 Å². The van der Waals surface area contributed by atoms with E-state index >= 15 is 0 Å². The molecule has 2 N–H and O–H groups in total. The number of hydrogen-bond donors (Lipinski definition) is 2. The number of morpholine rings is 1. The minimum atomic E-state index is -0.0423. The Labute approximate surface area is 132 Å². The molecule has 2 saturated heterocycles. The van der Waals surface area contributed by atoms with E-state index in [0.717, 1.165) is 32.8 Å². The van der Waals surface area contributed by atoms with Gasteiger partial charge >= 0.3 is 0 Å². The third kappa shape index (κ3) is 5.90. The van der Waals surface area contributed by atoms with Crippen LogP contribution >= 0.6 is 0 Å². The van der Waals surface area contributed by atoms with Crippen molar-refractivity contribution in [3.63, 3.8) is 0 Å². The van der Waals surface area contributed by atoms with Crippen molar-refractivity contribution in [3.8, 4) is 0 Å². The van der Waals surface area contributed by atoms with Crippen LogP contribution in [0.1, 0.15) is 13.8 Å². The number of nitrogens with one attached hydrogen (secondary N) is 2. The highest BCUT2D eigenvalue weighted by atomic mass is 16.5. The van der Waals surface area contributed by atoms with Gasteiger partial charge in [0.15, 0.2) is 0 Å². The van der Waals surface area contributed by atoms with Gasteiger partial charge in [-0.1, -0.05) is 13.8 Å². The Morgan fingerprint density at radius 3 is 2.95 bits per heavy atom. The topological polar surface area (TPSA) is 73.9 Å². The standard InChI is InChI=1S/C15H28N4O3/c1-12(2)8-19-5-6-22-13(9-19)7-17-15(21)11-18-4-3-16-14(20)10-18/h12-13H,3-11H2,1-2H3,(H,16,20)(H,17,21). The van der Waals surface area contributed by atoms with Crippen molar-refractivity contribution in [2.24, 2.45) is 5.92 Å². The summed E-state index contributed by atoms with van der Waals surface area (Å²) in [6.45, 7) is 10.5. The van der Waals surface area contributed by atoms with Gasteiger partial charge in [0, 0.05) is 39.3 Å². The van der Waals surface area contributed by atoms with E-state index in [0.29, 0.717) is 25.6 Å². The summed E-state index contributed by atoms with van der Waals surface area (Å²) in [7, 11) is 0. The van der Waals surface area contributed by atoms with Crippen molar-refractivity contribution in [1.29, 1.82) is 0 Å². The Morgan fingerprint density at radius 1 is 1.41 bits per heavy atom. The smallest absolute Gasteiger partial charge is 0.234 e. The first-order chi connectivity index (χ1) is 10.5. The molecule has 1 atom stereocenters. The lowest BCUT2D eigenvalue weighted by Gasteiger charge is -2.34. The molecular formula is C15H28N4O3. The Kier molecular flexibility index (Phi) is 6.60. The molecule has 0 radical (unpaired) electrons. The number of hydrogen-bond acceptors (Lipinski definition) is 5. The van der Waals surface area contributed by atoms with Crippen LogP contribution in [0.4, 0.5) is 0 Å². The highest BCUT2D eigenvalue weighted by molar-refractivity contribution is 5.81. The Hall–Kier alpha value is -1.18. The minimum absolute atomic E-state index is 0.0148. The minimum Gasteiger partial charge on any atom is -0.374 e. The molecule has 0 bridgehead atoms. The van der Waals surface area contributed by atoms with Gasteiger partial charge in [0.05, 0.1) is 25.8 Å². The first-order valence-corrected chi connectivity index (χ1v) is 8.12. The molecule has 7 nitrogen and oxygen atoms in total. The summed E-state index contributed by atoms with van der Waals surface area (Å²) in [5.74, 6) is 0.580. The lowest BCUT2D eigenvalue weighted by Crippen LogP contribution is -2.52. The molecule has 2 rings (SSSR count). The molecule has 0 aromatic rings. The fourth-order valence-corrected chi connectivity index (χ4v) is 2.90. The molecule has 2 heterocycles. The van der Waals surface area contributed by atoms with Crippen LogP contribution in [-0.2, 0) is 14.3 Å². The van der Waals surface area contributed by atoms with Gasteiger partial charge in [-0.25, -0.2) is 0 Å². The van der Waals surface area contributed by atoms with Gasteiger partial charge in [-0.05, 0) is 5.92 Å². The van der Waals surface area contributed by atoms with Crippen LogP contribution in [0.5, 0.6) is 0 Å². The normalized spacial score (nSPS) is 24.3. The number of rotatable bonds is 6. The molecule has 0 saturated carbocycles. The summed E-state index contributed by atoms with van der Waals surface area (Å²) >= 11 is 0. The van der Waals surface area contributed by atoms with Crippen molar-refractivity contribution in [1.82, 2.24) is 20.4 Å². The lowest BCUT2D eigenvalue weighted by atomic mass is 10.2. The number of piperazine rings is 1. The third-order valence-corrected chi connectivity index (χ3v) is 3.86. The third-order valence-electron chi connectivity index (χ3n) is 3.86. The summed E-state index contributed by atoms with van der Waals surface area (Å²) in [6, 6.07) is 0. The Bertz CT molecular complexity index is 389. The summed E-state index contributed by atoms with van der Waals surface area (Å²) in [5.41, 5.74) is 0. The van der Waals surface area contributed by atoms with Crippen molar-refractivity contribution >= 4 is 11.8 Å². The summed E-state index contributed by atoms with van der Waals surface area (Å²) in [4.78, 5) is 27.5. The van der Waals surface area contributed by atoms with E-state index in [4.69, 9.17) is 4.74 Å². The van der Waals surface area contributed by atoms with Crippen molar-refractivity contribution in [3.05, 3.63) is 0 Å². The highest BCUT2D eigenvalue weighted by Gasteiger charge is 2.22. The predicted molar refractivity (Wildman–Crippen MR) is 83.5 cm³/mol. The van der Waals surface area contributed by atoms with Gasteiger partial charge in [0.25, 0.3) is 0 Å². The monoisotopic (exact) mass is 312 g/mol. The van der Waals surface area contributed by atoms with E-state index < -0.39 is 0 Å². The number of carbonyl (C=O) groups is 2. The summed E-state index contributed by atoms with van der Waals surface area (Å²) < 4.78 is 5.71. The van der Waals surface area contributed by atoms with E-state index in [1.54, 1.807) is 0 Å². The average molecular weight is 312 g/mol. The molecular weight excluding hydrogens is 284 g/mol. The lowest BCUT2D eigenvalue weighted by molar-refractivity contribution is -0.127. The maximum Gasteiger partial charge on any atom is 0.234 e. The average Bonchev–Trinajstić information content (AvgIpc) is 2.45. The van der Waals surface area contributed by atoms with E-state index in [2.05, 4.69) is 29.4 Å². The number of nitrogens with zero attached hydrogens (tertiary/aromatic N) is 2. The predicted octanol–water partition coefficient (Wildman–Crippen LogP) is -1.11. The first-order valence-electron chi connectivity index (χ1n) is 8.12. The fraction of sp³-hybridized carbons (Fsp3) is 0.867. The van der Waals surface area contributed by atoms with E-state index in [-0.39, 0.29) is 24.5 Å². The Morgan fingerprint density at radius 2 is 2.23 bits per heavy atom. The van der Waals surface area contributed by atoms with E-state index in [1.165, 1.54) is 0 Å². The van der Waals surface area contributed by atoms with Crippen LogP contribution in [0.15, 0.2) is 0 Å². The molecule has 7 heteroatoms.